The first-order valence-electron chi connectivity index (χ1n) is 28.2. The maximum atomic E-state index is 2.53. The van der Waals surface area contributed by atoms with Gasteiger partial charge >= 0.3 is 0 Å². The molecular formula is C57H116. The number of unbranched alkanes of at least 4 members (excludes halogenated alkanes) is 45. The lowest BCUT2D eigenvalue weighted by molar-refractivity contribution is 0.429. The molecule has 0 aromatic heterocycles. The van der Waals surface area contributed by atoms with Crippen LogP contribution in [0.1, 0.15) is 355 Å². The van der Waals surface area contributed by atoms with Gasteiger partial charge in [0.05, 0.1) is 0 Å². The molecule has 0 saturated heterocycles. The molecule has 0 saturated carbocycles. The van der Waals surface area contributed by atoms with Crippen molar-refractivity contribution in [2.45, 2.75) is 355 Å². The predicted octanol–water partition coefficient (Wildman–Crippen LogP) is 22.2. The van der Waals surface area contributed by atoms with Crippen LogP contribution >= 0.6 is 0 Å². The first kappa shape index (κ1) is 57.0. The third kappa shape index (κ3) is 52.1. The highest BCUT2D eigenvalue weighted by atomic mass is 14.1. The van der Waals surface area contributed by atoms with E-state index in [-0.39, 0.29) is 0 Å². The van der Waals surface area contributed by atoms with Crippen molar-refractivity contribution in [1.82, 2.24) is 0 Å². The van der Waals surface area contributed by atoms with Crippen LogP contribution in [-0.2, 0) is 0 Å². The van der Waals surface area contributed by atoms with Gasteiger partial charge in [-0.05, 0) is 11.8 Å². The van der Waals surface area contributed by atoms with Gasteiger partial charge in [-0.2, -0.15) is 0 Å². The summed E-state index contributed by atoms with van der Waals surface area (Å²) in [4.78, 5) is 0. The number of rotatable bonds is 52. The van der Waals surface area contributed by atoms with Crippen LogP contribution in [0.5, 0.6) is 0 Å². The van der Waals surface area contributed by atoms with Crippen molar-refractivity contribution in [3.63, 3.8) is 0 Å². The Morgan fingerprint density at radius 2 is 0.316 bits per heavy atom. The second-order valence-corrected chi connectivity index (χ2v) is 20.2. The Kier molecular flexibility index (Phi) is 52.1. The van der Waals surface area contributed by atoms with Gasteiger partial charge in [0.25, 0.3) is 0 Å². The minimum Gasteiger partial charge on any atom is -0.0654 e. The van der Waals surface area contributed by atoms with E-state index in [2.05, 4.69) is 27.7 Å². The summed E-state index contributed by atoms with van der Waals surface area (Å²) in [6.45, 7) is 9.58. The smallest absolute Gasteiger partial charge is 0.0443 e. The fourth-order valence-corrected chi connectivity index (χ4v) is 9.50. The zero-order chi connectivity index (χ0) is 41.2. The Balaban J connectivity index is 3.14. The van der Waals surface area contributed by atoms with Gasteiger partial charge in [0, 0.05) is 0 Å². The minimum atomic E-state index is 0.946. The third-order valence-corrected chi connectivity index (χ3v) is 14.1. The summed E-state index contributed by atoms with van der Waals surface area (Å²) in [6.07, 6.45) is 75.7. The first-order chi connectivity index (χ1) is 28.2. The molecule has 0 spiro atoms. The topological polar surface area (TPSA) is 0 Å². The van der Waals surface area contributed by atoms with E-state index in [0.29, 0.717) is 0 Å². The summed E-state index contributed by atoms with van der Waals surface area (Å²) in [5, 5.41) is 0. The molecule has 0 nitrogen and oxygen atoms in total. The fraction of sp³-hybridized carbons (Fsp3) is 1.00. The van der Waals surface area contributed by atoms with E-state index >= 15 is 0 Å². The summed E-state index contributed by atoms with van der Waals surface area (Å²) in [7, 11) is 0. The molecule has 0 amide bonds. The minimum absolute atomic E-state index is 0.946. The highest BCUT2D eigenvalue weighted by Gasteiger charge is 2.03. The summed E-state index contributed by atoms with van der Waals surface area (Å²) in [5.41, 5.74) is 0. The molecule has 2 unspecified atom stereocenters. The molecule has 0 rings (SSSR count). The van der Waals surface area contributed by atoms with E-state index < -0.39 is 0 Å². The lowest BCUT2D eigenvalue weighted by atomic mass is 9.95. The Morgan fingerprint density at radius 1 is 0.175 bits per heavy atom. The van der Waals surface area contributed by atoms with Crippen molar-refractivity contribution < 1.29 is 0 Å². The summed E-state index contributed by atoms with van der Waals surface area (Å²) in [6, 6.07) is 0. The highest BCUT2D eigenvalue weighted by Crippen LogP contribution is 2.21. The molecule has 0 heterocycles. The second-order valence-electron chi connectivity index (χ2n) is 20.2. The van der Waals surface area contributed by atoms with E-state index in [9.17, 15) is 0 Å². The van der Waals surface area contributed by atoms with Crippen molar-refractivity contribution in [3.05, 3.63) is 0 Å². The Hall–Kier alpha value is 0. The van der Waals surface area contributed by atoms with Crippen LogP contribution in [0.3, 0.4) is 0 Å². The van der Waals surface area contributed by atoms with Crippen LogP contribution in [0.4, 0.5) is 0 Å². The molecule has 0 fully saturated rings. The average molecular weight is 802 g/mol. The summed E-state index contributed by atoms with van der Waals surface area (Å²) in [5.74, 6) is 1.91. The molecule has 0 N–H and O–H groups in total. The van der Waals surface area contributed by atoms with Gasteiger partial charge in [0.1, 0.15) is 0 Å². The van der Waals surface area contributed by atoms with Crippen LogP contribution in [0, 0.1) is 11.8 Å². The Bertz CT molecular complexity index is 665. The fourth-order valence-electron chi connectivity index (χ4n) is 9.50. The normalized spacial score (nSPS) is 12.8. The van der Waals surface area contributed by atoms with Crippen LogP contribution in [-0.4, -0.2) is 0 Å². The molecular weight excluding hydrogens is 685 g/mol. The molecule has 0 bridgehead atoms. The molecule has 0 aliphatic rings. The number of hydrogen-bond acceptors (Lipinski definition) is 0. The Labute approximate surface area is 365 Å². The van der Waals surface area contributed by atoms with Crippen molar-refractivity contribution in [2.75, 3.05) is 0 Å². The van der Waals surface area contributed by atoms with Crippen molar-refractivity contribution in [2.24, 2.45) is 11.8 Å². The van der Waals surface area contributed by atoms with E-state index in [1.54, 1.807) is 0 Å². The molecule has 0 aromatic rings. The third-order valence-electron chi connectivity index (χ3n) is 14.1. The molecule has 2 atom stereocenters. The summed E-state index contributed by atoms with van der Waals surface area (Å²) >= 11 is 0. The molecule has 344 valence electrons. The second kappa shape index (κ2) is 52.1. The number of hydrogen-bond donors (Lipinski definition) is 0. The van der Waals surface area contributed by atoms with Crippen LogP contribution in [0.15, 0.2) is 0 Å². The molecule has 0 heteroatoms. The lowest BCUT2D eigenvalue weighted by Crippen LogP contribution is -1.95. The standard InChI is InChI=1S/C57H116/c1-5-7-8-9-10-11-12-13-14-15-16-17-23-27-30-33-36-39-42-45-48-51-54-57(4)55-52-49-46-43-40-37-34-31-28-25-22-20-18-19-21-24-26-29-32-35-38-41-44-47-50-53-56(3)6-2/h56-57H,5-55H2,1-4H3. The zero-order valence-corrected chi connectivity index (χ0v) is 41.2. The van der Waals surface area contributed by atoms with Gasteiger partial charge in [0.2, 0.25) is 0 Å². The average Bonchev–Trinajstić information content (AvgIpc) is 3.22. The predicted molar refractivity (Wildman–Crippen MR) is 265 cm³/mol. The lowest BCUT2D eigenvalue weighted by Gasteiger charge is -2.11. The summed E-state index contributed by atoms with van der Waals surface area (Å²) < 4.78 is 0. The van der Waals surface area contributed by atoms with Gasteiger partial charge in [-0.15, -0.1) is 0 Å². The maximum Gasteiger partial charge on any atom is -0.0443 e. The SMILES string of the molecule is CCCCCCCCCCCCCCCCCCCCCCCCC(C)CCCCCCCCCCCCCCCCCCCCCCCCCCCC(C)CC. The maximum absolute atomic E-state index is 2.53. The molecule has 0 aromatic carbocycles. The molecule has 0 aliphatic carbocycles. The van der Waals surface area contributed by atoms with Crippen LogP contribution in [0.25, 0.3) is 0 Å². The van der Waals surface area contributed by atoms with Crippen LogP contribution < -0.4 is 0 Å². The van der Waals surface area contributed by atoms with Gasteiger partial charge in [-0.3, -0.25) is 0 Å². The van der Waals surface area contributed by atoms with Gasteiger partial charge in [-0.25, -0.2) is 0 Å². The van der Waals surface area contributed by atoms with E-state index in [4.69, 9.17) is 0 Å². The first-order valence-corrected chi connectivity index (χ1v) is 28.2. The molecule has 57 heavy (non-hydrogen) atoms. The van der Waals surface area contributed by atoms with E-state index in [1.807, 2.05) is 0 Å². The highest BCUT2D eigenvalue weighted by molar-refractivity contribution is 4.58. The van der Waals surface area contributed by atoms with Crippen molar-refractivity contribution >= 4 is 0 Å². The quantitative estimate of drug-likeness (QED) is 0.0538. The monoisotopic (exact) mass is 801 g/mol. The molecule has 0 aliphatic heterocycles. The van der Waals surface area contributed by atoms with E-state index in [0.717, 1.165) is 11.8 Å². The van der Waals surface area contributed by atoms with Gasteiger partial charge < -0.3 is 0 Å². The zero-order valence-electron chi connectivity index (χ0n) is 41.2. The largest absolute Gasteiger partial charge is 0.0654 e. The van der Waals surface area contributed by atoms with Gasteiger partial charge in [-0.1, -0.05) is 355 Å². The molecule has 0 radical (unpaired) electrons. The Morgan fingerprint density at radius 3 is 0.474 bits per heavy atom. The van der Waals surface area contributed by atoms with E-state index in [1.165, 1.54) is 327 Å². The van der Waals surface area contributed by atoms with Gasteiger partial charge in [0.15, 0.2) is 0 Å². The van der Waals surface area contributed by atoms with Crippen molar-refractivity contribution in [3.8, 4) is 0 Å². The van der Waals surface area contributed by atoms with Crippen LogP contribution in [0.2, 0.25) is 0 Å². The van der Waals surface area contributed by atoms with Crippen molar-refractivity contribution in [1.29, 1.82) is 0 Å².